The van der Waals surface area contributed by atoms with E-state index in [0.717, 1.165) is 6.08 Å². The van der Waals surface area contributed by atoms with Crippen LogP contribution < -0.4 is 4.74 Å². The summed E-state index contributed by atoms with van der Waals surface area (Å²) in [6, 6.07) is 7.65. The number of aliphatic carboxylic acids is 1. The molecule has 0 saturated carbocycles. The average Bonchev–Trinajstić information content (AvgIpc) is 2.41. The standard InChI is InChI=1S/C15H12FNO3/c1-10-13(6-3-9-17-10)20-15-11(7-8-14(18)19)4-2-5-12(15)16/h2-9H,1H3,(H,18,19)/b8-7+. The summed E-state index contributed by atoms with van der Waals surface area (Å²) in [5.41, 5.74) is 0.958. The van der Waals surface area contributed by atoms with Crippen molar-refractivity contribution >= 4 is 12.0 Å². The number of carbonyl (C=O) groups is 1. The molecule has 0 atom stereocenters. The van der Waals surface area contributed by atoms with E-state index in [1.807, 2.05) is 0 Å². The molecule has 20 heavy (non-hydrogen) atoms. The third kappa shape index (κ3) is 3.20. The molecule has 0 unspecified atom stereocenters. The lowest BCUT2D eigenvalue weighted by atomic mass is 10.1. The van der Waals surface area contributed by atoms with Crippen molar-refractivity contribution in [2.75, 3.05) is 0 Å². The summed E-state index contributed by atoms with van der Waals surface area (Å²) in [6.45, 7) is 1.74. The third-order valence-electron chi connectivity index (χ3n) is 2.57. The zero-order chi connectivity index (χ0) is 14.5. The van der Waals surface area contributed by atoms with Gasteiger partial charge in [0.2, 0.25) is 0 Å². The number of hydrogen-bond acceptors (Lipinski definition) is 3. The zero-order valence-electron chi connectivity index (χ0n) is 10.7. The summed E-state index contributed by atoms with van der Waals surface area (Å²) in [7, 11) is 0. The molecule has 1 aromatic carbocycles. The molecule has 0 amide bonds. The molecule has 0 fully saturated rings. The highest BCUT2D eigenvalue weighted by atomic mass is 19.1. The van der Waals surface area contributed by atoms with E-state index in [0.29, 0.717) is 17.0 Å². The van der Waals surface area contributed by atoms with E-state index in [1.165, 1.54) is 18.2 Å². The second-order valence-electron chi connectivity index (χ2n) is 4.02. The molecule has 0 aliphatic carbocycles. The first-order valence-corrected chi connectivity index (χ1v) is 5.87. The van der Waals surface area contributed by atoms with Crippen LogP contribution in [0.25, 0.3) is 6.08 Å². The largest absolute Gasteiger partial charge is 0.478 e. The maximum Gasteiger partial charge on any atom is 0.328 e. The van der Waals surface area contributed by atoms with E-state index >= 15 is 0 Å². The van der Waals surface area contributed by atoms with Gasteiger partial charge in [-0.25, -0.2) is 9.18 Å². The second kappa shape index (κ2) is 5.97. The fraction of sp³-hybridized carbons (Fsp3) is 0.0667. The first-order chi connectivity index (χ1) is 9.58. The average molecular weight is 273 g/mol. The lowest BCUT2D eigenvalue weighted by Gasteiger charge is -2.11. The Morgan fingerprint density at radius 1 is 1.35 bits per heavy atom. The minimum Gasteiger partial charge on any atom is -0.478 e. The number of hydrogen-bond donors (Lipinski definition) is 1. The van der Waals surface area contributed by atoms with Crippen LogP contribution in [0.1, 0.15) is 11.3 Å². The number of para-hydroxylation sites is 1. The number of carboxylic acids is 1. The van der Waals surface area contributed by atoms with Crippen LogP contribution in [0, 0.1) is 12.7 Å². The van der Waals surface area contributed by atoms with Crippen LogP contribution in [0.5, 0.6) is 11.5 Å². The lowest BCUT2D eigenvalue weighted by Crippen LogP contribution is -1.95. The molecule has 0 aliphatic heterocycles. The normalized spacial score (nSPS) is 10.7. The number of pyridine rings is 1. The van der Waals surface area contributed by atoms with Gasteiger partial charge in [-0.3, -0.25) is 4.98 Å². The van der Waals surface area contributed by atoms with Crippen LogP contribution in [0.15, 0.2) is 42.6 Å². The molecule has 1 N–H and O–H groups in total. The first-order valence-electron chi connectivity index (χ1n) is 5.87. The van der Waals surface area contributed by atoms with Crippen molar-refractivity contribution in [1.29, 1.82) is 0 Å². The summed E-state index contributed by atoms with van der Waals surface area (Å²) < 4.78 is 19.4. The number of aryl methyl sites for hydroxylation is 1. The Morgan fingerprint density at radius 2 is 2.15 bits per heavy atom. The number of nitrogens with zero attached hydrogens (tertiary/aromatic N) is 1. The van der Waals surface area contributed by atoms with Gasteiger partial charge in [-0.1, -0.05) is 12.1 Å². The Morgan fingerprint density at radius 3 is 2.85 bits per heavy atom. The fourth-order valence-corrected chi connectivity index (χ4v) is 1.61. The third-order valence-corrected chi connectivity index (χ3v) is 2.57. The second-order valence-corrected chi connectivity index (χ2v) is 4.02. The van der Waals surface area contributed by atoms with Crippen molar-refractivity contribution in [1.82, 2.24) is 4.98 Å². The summed E-state index contributed by atoms with van der Waals surface area (Å²) in [4.78, 5) is 14.6. The molecule has 102 valence electrons. The molecule has 0 radical (unpaired) electrons. The van der Waals surface area contributed by atoms with Gasteiger partial charge < -0.3 is 9.84 Å². The molecular formula is C15H12FNO3. The van der Waals surface area contributed by atoms with E-state index in [1.54, 1.807) is 31.3 Å². The van der Waals surface area contributed by atoms with Crippen LogP contribution in [0.2, 0.25) is 0 Å². The van der Waals surface area contributed by atoms with Crippen LogP contribution in [0.3, 0.4) is 0 Å². The highest BCUT2D eigenvalue weighted by Gasteiger charge is 2.11. The minimum absolute atomic E-state index is 0.0268. The number of ether oxygens (including phenoxy) is 1. The number of rotatable bonds is 4. The van der Waals surface area contributed by atoms with Crippen molar-refractivity contribution in [3.05, 3.63) is 59.7 Å². The van der Waals surface area contributed by atoms with Crippen LogP contribution in [-0.2, 0) is 4.79 Å². The minimum atomic E-state index is -1.11. The number of halogens is 1. The maximum absolute atomic E-state index is 13.9. The van der Waals surface area contributed by atoms with E-state index in [9.17, 15) is 9.18 Å². The molecule has 2 rings (SSSR count). The van der Waals surface area contributed by atoms with Gasteiger partial charge in [-0.05, 0) is 31.2 Å². The maximum atomic E-state index is 13.9. The van der Waals surface area contributed by atoms with Crippen molar-refractivity contribution < 1.29 is 19.0 Å². The summed E-state index contributed by atoms with van der Waals surface area (Å²) in [5, 5.41) is 8.64. The van der Waals surface area contributed by atoms with Gasteiger partial charge in [-0.2, -0.15) is 0 Å². The molecule has 0 saturated heterocycles. The summed E-state index contributed by atoms with van der Waals surface area (Å²) in [5.74, 6) is -1.29. The Hall–Kier alpha value is -2.69. The van der Waals surface area contributed by atoms with Crippen molar-refractivity contribution in [2.45, 2.75) is 6.92 Å². The SMILES string of the molecule is Cc1ncccc1Oc1c(F)cccc1/C=C/C(=O)O. The van der Waals surface area contributed by atoms with E-state index in [-0.39, 0.29) is 5.75 Å². The Balaban J connectivity index is 2.40. The molecule has 5 heteroatoms. The van der Waals surface area contributed by atoms with E-state index in [4.69, 9.17) is 9.84 Å². The van der Waals surface area contributed by atoms with E-state index in [2.05, 4.69) is 4.98 Å². The quantitative estimate of drug-likeness (QED) is 0.867. The predicted molar refractivity (Wildman–Crippen MR) is 72.1 cm³/mol. The Kier molecular flexibility index (Phi) is 4.10. The van der Waals surface area contributed by atoms with Crippen molar-refractivity contribution in [3.8, 4) is 11.5 Å². The number of benzene rings is 1. The summed E-state index contributed by atoms with van der Waals surface area (Å²) >= 11 is 0. The van der Waals surface area contributed by atoms with E-state index < -0.39 is 11.8 Å². The number of aromatic nitrogens is 1. The molecule has 0 aliphatic rings. The van der Waals surface area contributed by atoms with Gasteiger partial charge in [0.15, 0.2) is 11.6 Å². The fourth-order valence-electron chi connectivity index (χ4n) is 1.61. The highest BCUT2D eigenvalue weighted by molar-refractivity contribution is 5.85. The van der Waals surface area contributed by atoms with Crippen molar-refractivity contribution in [2.24, 2.45) is 0 Å². The molecule has 1 heterocycles. The summed E-state index contributed by atoms with van der Waals surface area (Å²) in [6.07, 6.45) is 3.82. The van der Waals surface area contributed by atoms with Crippen LogP contribution in [0.4, 0.5) is 4.39 Å². The van der Waals surface area contributed by atoms with Crippen molar-refractivity contribution in [3.63, 3.8) is 0 Å². The van der Waals surface area contributed by atoms with Gasteiger partial charge in [0.1, 0.15) is 5.75 Å². The molecule has 2 aromatic rings. The first kappa shape index (κ1) is 13.7. The van der Waals surface area contributed by atoms with Gasteiger partial charge >= 0.3 is 5.97 Å². The number of carboxylic acid groups (broad SMARTS) is 1. The van der Waals surface area contributed by atoms with Gasteiger partial charge in [-0.15, -0.1) is 0 Å². The van der Waals surface area contributed by atoms with Crippen LogP contribution in [-0.4, -0.2) is 16.1 Å². The molecule has 0 spiro atoms. The monoisotopic (exact) mass is 273 g/mol. The van der Waals surface area contributed by atoms with Crippen LogP contribution >= 0.6 is 0 Å². The molecule has 0 bridgehead atoms. The highest BCUT2D eigenvalue weighted by Crippen LogP contribution is 2.30. The molecule has 4 nitrogen and oxygen atoms in total. The smallest absolute Gasteiger partial charge is 0.328 e. The Bertz CT molecular complexity index is 668. The lowest BCUT2D eigenvalue weighted by molar-refractivity contribution is -0.131. The van der Waals surface area contributed by atoms with Gasteiger partial charge in [0.25, 0.3) is 0 Å². The Labute approximate surface area is 115 Å². The molecular weight excluding hydrogens is 261 g/mol. The van der Waals surface area contributed by atoms with Gasteiger partial charge in [0.05, 0.1) is 5.69 Å². The molecule has 1 aromatic heterocycles. The topological polar surface area (TPSA) is 59.4 Å². The predicted octanol–water partition coefficient (Wildman–Crippen LogP) is 3.42. The van der Waals surface area contributed by atoms with Gasteiger partial charge in [0, 0.05) is 17.8 Å². The zero-order valence-corrected chi connectivity index (χ0v) is 10.7.